The maximum atomic E-state index is 11.8. The summed E-state index contributed by atoms with van der Waals surface area (Å²) < 4.78 is 10.8. The summed E-state index contributed by atoms with van der Waals surface area (Å²) in [6.07, 6.45) is 1.16. The number of halogens is 1. The summed E-state index contributed by atoms with van der Waals surface area (Å²) in [6.45, 7) is 0. The molecule has 0 bridgehead atoms. The van der Waals surface area contributed by atoms with Gasteiger partial charge < -0.3 is 14.9 Å². The fraction of sp³-hybridized carbons (Fsp3) is 0.0769. The highest BCUT2D eigenvalue weighted by Crippen LogP contribution is 2.29. The minimum absolute atomic E-state index is 0.00442. The second-order valence-corrected chi connectivity index (χ2v) is 4.63. The zero-order valence-corrected chi connectivity index (χ0v) is 11.6. The summed E-state index contributed by atoms with van der Waals surface area (Å²) in [7, 11) is 1.23. The Bertz CT molecular complexity index is 631. The summed E-state index contributed by atoms with van der Waals surface area (Å²) in [5.74, 6) is -1.15. The predicted octanol–water partition coefficient (Wildman–Crippen LogP) is 2.59. The second kappa shape index (κ2) is 5.27. The molecule has 19 heavy (non-hydrogen) atoms. The van der Waals surface area contributed by atoms with Crippen LogP contribution < -0.4 is 5.73 Å². The molecule has 2 aromatic rings. The number of primary amides is 1. The first kappa shape index (κ1) is 13.4. The van der Waals surface area contributed by atoms with Crippen LogP contribution in [-0.2, 0) is 4.74 Å². The van der Waals surface area contributed by atoms with E-state index in [4.69, 9.17) is 10.2 Å². The van der Waals surface area contributed by atoms with Crippen LogP contribution in [0.5, 0.6) is 0 Å². The van der Waals surface area contributed by atoms with Crippen molar-refractivity contribution in [3.63, 3.8) is 0 Å². The molecule has 2 N–H and O–H groups in total. The summed E-state index contributed by atoms with van der Waals surface area (Å²) in [5, 5.41) is 0. The van der Waals surface area contributed by atoms with Crippen molar-refractivity contribution in [3.05, 3.63) is 46.1 Å². The Balaban J connectivity index is 2.60. The van der Waals surface area contributed by atoms with E-state index in [0.717, 1.165) is 10.7 Å². The molecule has 5 nitrogen and oxygen atoms in total. The van der Waals surface area contributed by atoms with E-state index in [0.29, 0.717) is 5.56 Å². The maximum Gasteiger partial charge on any atom is 0.342 e. The standard InChI is InChI=1S/C13H10BrNO4/c1-18-13(17)10-9(12(15)16)6-19-11(10)7-2-4-8(14)5-3-7/h2-6H,1H3,(H2,15,16). The monoisotopic (exact) mass is 323 g/mol. The fourth-order valence-electron chi connectivity index (χ4n) is 1.66. The number of carbonyl (C=O) groups is 2. The molecular formula is C13H10BrNO4. The molecule has 0 saturated carbocycles. The lowest BCUT2D eigenvalue weighted by molar-refractivity contribution is 0.0597. The summed E-state index contributed by atoms with van der Waals surface area (Å²) in [5.41, 5.74) is 5.90. The third-order valence-corrected chi connectivity index (χ3v) is 3.08. The third-order valence-electron chi connectivity index (χ3n) is 2.55. The van der Waals surface area contributed by atoms with Gasteiger partial charge in [0.05, 0.1) is 12.7 Å². The van der Waals surface area contributed by atoms with Gasteiger partial charge in [0.25, 0.3) is 5.91 Å². The molecule has 0 atom stereocenters. The largest absolute Gasteiger partial charge is 0.465 e. The number of esters is 1. The van der Waals surface area contributed by atoms with E-state index in [9.17, 15) is 9.59 Å². The SMILES string of the molecule is COC(=O)c1c(C(N)=O)coc1-c1ccc(Br)cc1. The van der Waals surface area contributed by atoms with Crippen molar-refractivity contribution in [2.75, 3.05) is 7.11 Å². The Morgan fingerprint density at radius 1 is 1.26 bits per heavy atom. The van der Waals surface area contributed by atoms with Gasteiger partial charge in [-0.15, -0.1) is 0 Å². The van der Waals surface area contributed by atoms with Gasteiger partial charge in [0.15, 0.2) is 0 Å². The molecule has 1 aromatic heterocycles. The van der Waals surface area contributed by atoms with Crippen LogP contribution in [0.15, 0.2) is 39.4 Å². The average molecular weight is 324 g/mol. The molecular weight excluding hydrogens is 314 g/mol. The van der Waals surface area contributed by atoms with Gasteiger partial charge >= 0.3 is 5.97 Å². The number of carbonyl (C=O) groups excluding carboxylic acids is 2. The number of furan rings is 1. The van der Waals surface area contributed by atoms with Gasteiger partial charge in [-0.2, -0.15) is 0 Å². The van der Waals surface area contributed by atoms with Gasteiger partial charge in [-0.05, 0) is 12.1 Å². The molecule has 0 radical (unpaired) electrons. The third kappa shape index (κ3) is 2.53. The number of hydrogen-bond acceptors (Lipinski definition) is 4. The average Bonchev–Trinajstić information content (AvgIpc) is 2.83. The first-order chi connectivity index (χ1) is 9.04. The molecule has 0 saturated heterocycles. The van der Waals surface area contributed by atoms with E-state index in [1.54, 1.807) is 24.3 Å². The summed E-state index contributed by atoms with van der Waals surface area (Å²) >= 11 is 3.31. The van der Waals surface area contributed by atoms with Crippen molar-refractivity contribution >= 4 is 27.8 Å². The zero-order valence-electron chi connectivity index (χ0n) is 9.98. The highest BCUT2D eigenvalue weighted by atomic mass is 79.9. The van der Waals surface area contributed by atoms with Crippen molar-refractivity contribution < 1.29 is 18.7 Å². The number of hydrogen-bond donors (Lipinski definition) is 1. The second-order valence-electron chi connectivity index (χ2n) is 3.72. The number of ether oxygens (including phenoxy) is 1. The van der Waals surface area contributed by atoms with Crippen LogP contribution in [-0.4, -0.2) is 19.0 Å². The van der Waals surface area contributed by atoms with Gasteiger partial charge in [-0.3, -0.25) is 4.79 Å². The van der Waals surface area contributed by atoms with Crippen molar-refractivity contribution in [2.24, 2.45) is 5.73 Å². The van der Waals surface area contributed by atoms with E-state index in [1.165, 1.54) is 7.11 Å². The molecule has 0 fully saturated rings. The molecule has 1 amide bonds. The maximum absolute atomic E-state index is 11.8. The molecule has 0 aliphatic heterocycles. The van der Waals surface area contributed by atoms with Crippen LogP contribution in [0.1, 0.15) is 20.7 Å². The molecule has 1 heterocycles. The van der Waals surface area contributed by atoms with Crippen LogP contribution in [0.3, 0.4) is 0 Å². The topological polar surface area (TPSA) is 82.5 Å². The number of methoxy groups -OCH3 is 1. The van der Waals surface area contributed by atoms with Gasteiger partial charge in [0.2, 0.25) is 0 Å². The quantitative estimate of drug-likeness (QED) is 0.880. The molecule has 0 aliphatic carbocycles. The minimum Gasteiger partial charge on any atom is -0.465 e. The normalized spacial score (nSPS) is 10.2. The van der Waals surface area contributed by atoms with Crippen LogP contribution in [0.25, 0.3) is 11.3 Å². The number of nitrogens with two attached hydrogens (primary N) is 1. The van der Waals surface area contributed by atoms with Crippen molar-refractivity contribution in [3.8, 4) is 11.3 Å². The smallest absolute Gasteiger partial charge is 0.342 e. The van der Waals surface area contributed by atoms with Crippen LogP contribution >= 0.6 is 15.9 Å². The molecule has 2 rings (SSSR count). The lowest BCUT2D eigenvalue weighted by Gasteiger charge is -2.03. The first-order valence-corrected chi connectivity index (χ1v) is 6.09. The molecule has 98 valence electrons. The van der Waals surface area contributed by atoms with E-state index < -0.39 is 11.9 Å². The Labute approximate surface area is 117 Å². The van der Waals surface area contributed by atoms with Gasteiger partial charge in [-0.1, -0.05) is 28.1 Å². The van der Waals surface area contributed by atoms with E-state index in [1.807, 2.05) is 0 Å². The van der Waals surface area contributed by atoms with Crippen LogP contribution in [0.4, 0.5) is 0 Å². The van der Waals surface area contributed by atoms with Crippen LogP contribution in [0.2, 0.25) is 0 Å². The highest BCUT2D eigenvalue weighted by molar-refractivity contribution is 9.10. The van der Waals surface area contributed by atoms with Crippen molar-refractivity contribution in [2.45, 2.75) is 0 Å². The Kier molecular flexibility index (Phi) is 3.71. The Hall–Kier alpha value is -2.08. The minimum atomic E-state index is -0.743. The van der Waals surface area contributed by atoms with Gasteiger partial charge in [0.1, 0.15) is 17.6 Å². The predicted molar refractivity (Wildman–Crippen MR) is 71.7 cm³/mol. The van der Waals surface area contributed by atoms with Crippen molar-refractivity contribution in [1.82, 2.24) is 0 Å². The number of rotatable bonds is 3. The van der Waals surface area contributed by atoms with E-state index in [-0.39, 0.29) is 16.9 Å². The molecule has 0 spiro atoms. The fourth-order valence-corrected chi connectivity index (χ4v) is 1.92. The lowest BCUT2D eigenvalue weighted by atomic mass is 10.1. The molecule has 6 heteroatoms. The summed E-state index contributed by atoms with van der Waals surface area (Å²) in [4.78, 5) is 23.0. The number of benzene rings is 1. The van der Waals surface area contributed by atoms with Gasteiger partial charge in [0, 0.05) is 10.0 Å². The Morgan fingerprint density at radius 3 is 2.42 bits per heavy atom. The van der Waals surface area contributed by atoms with Gasteiger partial charge in [-0.25, -0.2) is 4.79 Å². The molecule has 1 aromatic carbocycles. The lowest BCUT2D eigenvalue weighted by Crippen LogP contribution is -2.15. The molecule has 0 aliphatic rings. The zero-order chi connectivity index (χ0) is 14.0. The first-order valence-electron chi connectivity index (χ1n) is 5.30. The van der Waals surface area contributed by atoms with E-state index in [2.05, 4.69) is 20.7 Å². The summed E-state index contributed by atoms with van der Waals surface area (Å²) in [6, 6.07) is 7.09. The Morgan fingerprint density at radius 2 is 1.89 bits per heavy atom. The van der Waals surface area contributed by atoms with Crippen LogP contribution in [0, 0.1) is 0 Å². The van der Waals surface area contributed by atoms with E-state index >= 15 is 0 Å². The number of amides is 1. The highest BCUT2D eigenvalue weighted by Gasteiger charge is 2.25. The molecule has 0 unspecified atom stereocenters. The van der Waals surface area contributed by atoms with Crippen molar-refractivity contribution in [1.29, 1.82) is 0 Å².